The molecule has 8 heteroatoms. The fourth-order valence-corrected chi connectivity index (χ4v) is 2.57. The van der Waals surface area contributed by atoms with Gasteiger partial charge in [0.25, 0.3) is 0 Å². The number of carbonyl (C=O) groups excluding carboxylic acids is 2. The van der Waals surface area contributed by atoms with Crippen LogP contribution in [-0.2, 0) is 16.6 Å². The second-order valence-corrected chi connectivity index (χ2v) is 7.35. The highest BCUT2D eigenvalue weighted by molar-refractivity contribution is 5.78. The van der Waals surface area contributed by atoms with Crippen LogP contribution in [0.1, 0.15) is 44.6 Å². The van der Waals surface area contributed by atoms with Crippen LogP contribution in [0, 0.1) is 0 Å². The number of imidazole rings is 1. The Morgan fingerprint density at radius 2 is 1.89 bits per heavy atom. The Bertz CT molecular complexity index is 793. The molecule has 0 fully saturated rings. The third-order valence-corrected chi connectivity index (χ3v) is 3.89. The second-order valence-electron chi connectivity index (χ2n) is 7.35. The lowest BCUT2D eigenvalue weighted by Gasteiger charge is -2.21. The molecule has 2 aromatic rings. The van der Waals surface area contributed by atoms with Crippen molar-refractivity contribution in [3.63, 3.8) is 0 Å². The zero-order chi connectivity index (χ0) is 20.7. The van der Waals surface area contributed by atoms with Gasteiger partial charge < -0.3 is 24.7 Å². The van der Waals surface area contributed by atoms with Gasteiger partial charge in [0.1, 0.15) is 23.2 Å². The van der Waals surface area contributed by atoms with E-state index in [-0.39, 0.29) is 18.9 Å². The lowest BCUT2D eigenvalue weighted by Crippen LogP contribution is -2.36. The van der Waals surface area contributed by atoms with E-state index >= 15 is 0 Å². The zero-order valence-corrected chi connectivity index (χ0v) is 17.0. The van der Waals surface area contributed by atoms with Gasteiger partial charge in [0, 0.05) is 32.4 Å². The molecule has 0 radical (unpaired) electrons. The van der Waals surface area contributed by atoms with Crippen LogP contribution in [0.3, 0.4) is 0 Å². The number of rotatable bonds is 7. The monoisotopic (exact) mass is 388 g/mol. The van der Waals surface area contributed by atoms with E-state index in [9.17, 15) is 9.59 Å². The first-order valence-corrected chi connectivity index (χ1v) is 9.07. The summed E-state index contributed by atoms with van der Waals surface area (Å²) in [5.41, 5.74) is 0.299. The van der Waals surface area contributed by atoms with Crippen molar-refractivity contribution >= 4 is 12.0 Å². The normalized spacial score (nSPS) is 12.2. The third-order valence-electron chi connectivity index (χ3n) is 3.89. The van der Waals surface area contributed by atoms with Gasteiger partial charge in [-0.3, -0.25) is 4.79 Å². The molecular formula is C20H28N4O4. The van der Waals surface area contributed by atoms with Crippen LogP contribution in [0.15, 0.2) is 36.7 Å². The lowest BCUT2D eigenvalue weighted by molar-refractivity contribution is -0.121. The van der Waals surface area contributed by atoms with E-state index in [4.69, 9.17) is 9.47 Å². The second kappa shape index (κ2) is 9.25. The average Bonchev–Trinajstić information content (AvgIpc) is 3.04. The Hall–Kier alpha value is -3.03. The quantitative estimate of drug-likeness (QED) is 0.760. The van der Waals surface area contributed by atoms with Crippen LogP contribution >= 0.6 is 0 Å². The summed E-state index contributed by atoms with van der Waals surface area (Å²) in [5.74, 6) is 1.23. The predicted molar refractivity (Wildman–Crippen MR) is 105 cm³/mol. The van der Waals surface area contributed by atoms with Crippen LogP contribution in [-0.4, -0.2) is 40.8 Å². The topological polar surface area (TPSA) is 94.5 Å². The molecule has 0 saturated carbocycles. The summed E-state index contributed by atoms with van der Waals surface area (Å²) in [6.07, 6.45) is 3.08. The maximum absolute atomic E-state index is 12.5. The van der Waals surface area contributed by atoms with Gasteiger partial charge in [-0.05, 0) is 38.5 Å². The first-order chi connectivity index (χ1) is 13.2. The summed E-state index contributed by atoms with van der Waals surface area (Å²) in [6.45, 7) is 5.53. The number of aryl methyl sites for hydroxylation is 1. The van der Waals surface area contributed by atoms with Gasteiger partial charge in [0.05, 0.1) is 7.11 Å². The van der Waals surface area contributed by atoms with Crippen molar-refractivity contribution in [2.75, 3.05) is 13.7 Å². The molecule has 2 N–H and O–H groups in total. The highest BCUT2D eigenvalue weighted by Crippen LogP contribution is 2.23. The molecule has 1 atom stereocenters. The highest BCUT2D eigenvalue weighted by atomic mass is 16.6. The molecule has 8 nitrogen and oxygen atoms in total. The molecule has 2 rings (SSSR count). The smallest absolute Gasteiger partial charge is 0.407 e. The summed E-state index contributed by atoms with van der Waals surface area (Å²) in [7, 11) is 3.47. The molecule has 0 aliphatic rings. The molecule has 1 heterocycles. The summed E-state index contributed by atoms with van der Waals surface area (Å²) in [4.78, 5) is 28.5. The average molecular weight is 388 g/mol. The summed E-state index contributed by atoms with van der Waals surface area (Å²) < 4.78 is 12.2. The van der Waals surface area contributed by atoms with Crippen molar-refractivity contribution in [3.8, 4) is 5.75 Å². The summed E-state index contributed by atoms with van der Waals surface area (Å²) >= 11 is 0. The number of aromatic nitrogens is 2. The predicted octanol–water partition coefficient (Wildman–Crippen LogP) is 2.55. The maximum Gasteiger partial charge on any atom is 0.407 e. The third kappa shape index (κ3) is 6.29. The molecule has 1 unspecified atom stereocenters. The molecule has 1 aromatic carbocycles. The van der Waals surface area contributed by atoms with Crippen molar-refractivity contribution < 1.29 is 19.1 Å². The Labute approximate surface area is 165 Å². The number of carbonyl (C=O) groups is 2. The SMILES string of the molecule is COc1ccc(C(NC(=O)CCNC(=O)OC(C)(C)C)c2nccn2C)cc1. The fourth-order valence-electron chi connectivity index (χ4n) is 2.57. The number of amides is 2. The van der Waals surface area contributed by atoms with E-state index in [2.05, 4.69) is 15.6 Å². The van der Waals surface area contributed by atoms with Crippen molar-refractivity contribution in [1.29, 1.82) is 0 Å². The van der Waals surface area contributed by atoms with Gasteiger partial charge in [0.15, 0.2) is 0 Å². The van der Waals surface area contributed by atoms with Gasteiger partial charge >= 0.3 is 6.09 Å². The number of methoxy groups -OCH3 is 1. The van der Waals surface area contributed by atoms with E-state index in [0.29, 0.717) is 5.82 Å². The minimum atomic E-state index is -0.579. The number of alkyl carbamates (subject to hydrolysis) is 1. The molecular weight excluding hydrogens is 360 g/mol. The summed E-state index contributed by atoms with van der Waals surface area (Å²) in [6, 6.07) is 7.03. The number of nitrogens with zero attached hydrogens (tertiary/aromatic N) is 2. The largest absolute Gasteiger partial charge is 0.497 e. The van der Waals surface area contributed by atoms with E-state index in [1.54, 1.807) is 34.1 Å². The molecule has 0 aliphatic carbocycles. The van der Waals surface area contributed by atoms with Gasteiger partial charge in [-0.1, -0.05) is 12.1 Å². The number of nitrogens with one attached hydrogen (secondary N) is 2. The molecule has 2 amide bonds. The zero-order valence-electron chi connectivity index (χ0n) is 17.0. The highest BCUT2D eigenvalue weighted by Gasteiger charge is 2.21. The van der Waals surface area contributed by atoms with Gasteiger partial charge in [-0.2, -0.15) is 0 Å². The van der Waals surface area contributed by atoms with Crippen molar-refractivity contribution in [2.45, 2.75) is 38.8 Å². The lowest BCUT2D eigenvalue weighted by atomic mass is 10.1. The number of hydrogen-bond donors (Lipinski definition) is 2. The maximum atomic E-state index is 12.5. The van der Waals surface area contributed by atoms with Gasteiger partial charge in [0.2, 0.25) is 5.91 Å². The van der Waals surface area contributed by atoms with Crippen LogP contribution in [0.2, 0.25) is 0 Å². The molecule has 152 valence electrons. The van der Waals surface area contributed by atoms with Crippen molar-refractivity contribution in [2.24, 2.45) is 7.05 Å². The Morgan fingerprint density at radius 1 is 1.21 bits per heavy atom. The van der Waals surface area contributed by atoms with Crippen molar-refractivity contribution in [3.05, 3.63) is 48.0 Å². The Balaban J connectivity index is 2.01. The molecule has 0 aliphatic heterocycles. The van der Waals surface area contributed by atoms with E-state index in [1.165, 1.54) is 0 Å². The molecule has 0 bridgehead atoms. The molecule has 0 saturated heterocycles. The number of ether oxygens (including phenoxy) is 2. The fraction of sp³-hybridized carbons (Fsp3) is 0.450. The van der Waals surface area contributed by atoms with Gasteiger partial charge in [-0.15, -0.1) is 0 Å². The minimum Gasteiger partial charge on any atom is -0.497 e. The van der Waals surface area contributed by atoms with E-state index in [0.717, 1.165) is 11.3 Å². The van der Waals surface area contributed by atoms with Crippen LogP contribution in [0.5, 0.6) is 5.75 Å². The minimum absolute atomic E-state index is 0.121. The first-order valence-electron chi connectivity index (χ1n) is 9.07. The van der Waals surface area contributed by atoms with Crippen LogP contribution in [0.25, 0.3) is 0 Å². The van der Waals surface area contributed by atoms with E-state index < -0.39 is 17.7 Å². The number of hydrogen-bond acceptors (Lipinski definition) is 5. The van der Waals surface area contributed by atoms with E-state index in [1.807, 2.05) is 42.1 Å². The Kier molecular flexibility index (Phi) is 7.03. The van der Waals surface area contributed by atoms with Crippen LogP contribution < -0.4 is 15.4 Å². The number of benzene rings is 1. The summed E-state index contributed by atoms with van der Waals surface area (Å²) in [5, 5.41) is 5.57. The molecule has 28 heavy (non-hydrogen) atoms. The Morgan fingerprint density at radius 3 is 2.43 bits per heavy atom. The van der Waals surface area contributed by atoms with Crippen LogP contribution in [0.4, 0.5) is 4.79 Å². The molecule has 0 spiro atoms. The van der Waals surface area contributed by atoms with Gasteiger partial charge in [-0.25, -0.2) is 9.78 Å². The van der Waals surface area contributed by atoms with Crippen molar-refractivity contribution in [1.82, 2.24) is 20.2 Å². The first kappa shape index (κ1) is 21.3. The standard InChI is InChI=1S/C20H28N4O4/c1-20(2,3)28-19(26)22-11-10-16(25)23-17(18-21-12-13-24(18)4)14-6-8-15(27-5)9-7-14/h6-9,12-13,17H,10-11H2,1-5H3,(H,22,26)(H,23,25). The molecule has 1 aromatic heterocycles.